The van der Waals surface area contributed by atoms with Gasteiger partial charge in [-0.25, -0.2) is 28.8 Å². The molecule has 0 aliphatic rings. The number of rotatable bonds is 63. The van der Waals surface area contributed by atoms with Gasteiger partial charge in [-0.05, 0) is 139 Å². The van der Waals surface area contributed by atoms with Gasteiger partial charge in [-0.3, -0.25) is 4.99 Å². The van der Waals surface area contributed by atoms with Crippen LogP contribution in [0.3, 0.4) is 0 Å². The summed E-state index contributed by atoms with van der Waals surface area (Å²) in [5.74, 6) is 27.9. The largest absolute Gasteiger partial charge is 0.497 e. The second-order valence-electron chi connectivity index (χ2n) is 27.9. The first kappa shape index (κ1) is 109. The van der Waals surface area contributed by atoms with Gasteiger partial charge in [0.15, 0.2) is 0 Å². The molecule has 0 saturated carbocycles. The van der Waals surface area contributed by atoms with Crippen LogP contribution in [0.5, 0.6) is 5.75 Å². The number of ether oxygens (including phenoxy) is 25. The number of esters is 6. The van der Waals surface area contributed by atoms with Crippen molar-refractivity contribution < 1.29 is 147 Å². The average Bonchev–Trinajstić information content (AvgIpc) is 0.837. The summed E-state index contributed by atoms with van der Waals surface area (Å²) in [5.41, 5.74) is 4.92. The van der Waals surface area contributed by atoms with Crippen molar-refractivity contribution in [2.45, 2.75) is 0 Å². The van der Waals surface area contributed by atoms with E-state index in [2.05, 4.69) is 64.2 Å². The summed E-state index contributed by atoms with van der Waals surface area (Å²) in [5, 5.41) is 0. The molecule has 32 nitrogen and oxygen atoms in total. The molecule has 0 unspecified atom stereocenters. The van der Waals surface area contributed by atoms with E-state index >= 15 is 0 Å². The number of nitrogens with zero attached hydrogens (tertiary/aromatic N) is 1. The van der Waals surface area contributed by atoms with Crippen molar-refractivity contribution in [2.75, 3.05) is 288 Å². The fraction of sp³-hybridized carbons (Fsp3) is 0.422. The van der Waals surface area contributed by atoms with Crippen molar-refractivity contribution in [1.82, 2.24) is 0 Å². The molecular weight excluding hydrogens is 1740 g/mol. The van der Waals surface area contributed by atoms with Crippen LogP contribution in [-0.2, 0) is 114 Å². The SMILES string of the molecule is COCCOCCOCCOC(=O)c1cccc(C#Cc2cc(C#Cc3cc(C#Cc4cc(C#Cc5cc(C#Cc6cc(C=Nc7ccc(OC)cc7)cc(C(=O)OCCOCCOCCOC)c6)cc(C(=O)OCCOCCOCCOC)c5)cc(C(=O)OCCOCCOCCOC)c4)cc(C(=O)OCCOCCOCCOC)c3)cc(C(=O)OCCOCCOCCOC)c2)c1. The number of methoxy groups -OCH3 is 7. The number of hydrogen-bond acceptors (Lipinski definition) is 32. The van der Waals surface area contributed by atoms with Gasteiger partial charge in [-0.15, -0.1) is 0 Å². The van der Waals surface area contributed by atoms with Gasteiger partial charge in [-0.2, -0.15) is 0 Å². The molecular formula is C102H117NO31. The average molecular weight is 1850 g/mol. The highest BCUT2D eigenvalue weighted by molar-refractivity contribution is 5.95. The maximum absolute atomic E-state index is 14.2. The van der Waals surface area contributed by atoms with Crippen LogP contribution in [0, 0.1) is 59.2 Å². The van der Waals surface area contributed by atoms with Gasteiger partial charge in [-0.1, -0.05) is 65.3 Å². The summed E-state index contributed by atoms with van der Waals surface area (Å²) in [6.07, 6.45) is 1.58. The Morgan fingerprint density at radius 2 is 0.418 bits per heavy atom. The molecule has 0 fully saturated rings. The van der Waals surface area contributed by atoms with Crippen molar-refractivity contribution in [3.8, 4) is 65.0 Å². The number of aliphatic imine (C=N–C) groups is 1. The van der Waals surface area contributed by atoms with Crippen LogP contribution < -0.4 is 4.74 Å². The molecule has 0 atom stereocenters. The van der Waals surface area contributed by atoms with Crippen LogP contribution in [0.25, 0.3) is 0 Å². The Balaban J connectivity index is 1.29. The highest BCUT2D eigenvalue weighted by Gasteiger charge is 2.18. The van der Waals surface area contributed by atoms with Crippen molar-refractivity contribution >= 4 is 47.7 Å². The second kappa shape index (κ2) is 68.8. The molecule has 0 aromatic heterocycles. The van der Waals surface area contributed by atoms with Gasteiger partial charge in [0.2, 0.25) is 0 Å². The van der Waals surface area contributed by atoms with Crippen LogP contribution >= 0.6 is 0 Å². The summed E-state index contributed by atoms with van der Waals surface area (Å²) in [6, 6.07) is 37.3. The monoisotopic (exact) mass is 1850 g/mol. The van der Waals surface area contributed by atoms with Crippen molar-refractivity contribution in [3.05, 3.63) is 234 Å². The minimum absolute atomic E-state index is 0.00101. The molecule has 0 saturated heterocycles. The number of benzene rings is 7. The number of carbonyl (C=O) groups is 6. The second-order valence-corrected chi connectivity index (χ2v) is 27.9. The number of hydrogen-bond donors (Lipinski definition) is 0. The zero-order valence-corrected chi connectivity index (χ0v) is 76.9. The first-order chi connectivity index (χ1) is 65.7. The van der Waals surface area contributed by atoms with Gasteiger partial charge in [0.05, 0.1) is 244 Å². The van der Waals surface area contributed by atoms with Crippen LogP contribution in [0.2, 0.25) is 0 Å². The molecule has 7 aromatic rings. The quantitative estimate of drug-likeness (QED) is 0.0112. The van der Waals surface area contributed by atoms with E-state index in [1.54, 1.807) is 153 Å². The molecule has 0 aliphatic carbocycles. The number of carbonyl (C=O) groups excluding carboxylic acids is 6. The molecule has 716 valence electrons. The first-order valence-corrected chi connectivity index (χ1v) is 43.2. The Labute approximate surface area is 782 Å². The molecule has 134 heavy (non-hydrogen) atoms. The molecule has 7 rings (SSSR count). The summed E-state index contributed by atoms with van der Waals surface area (Å²) >= 11 is 0. The Morgan fingerprint density at radius 1 is 0.216 bits per heavy atom. The molecule has 0 aliphatic heterocycles. The fourth-order valence-electron chi connectivity index (χ4n) is 11.2. The van der Waals surface area contributed by atoms with E-state index in [0.717, 1.165) is 0 Å². The van der Waals surface area contributed by atoms with Crippen molar-refractivity contribution in [2.24, 2.45) is 4.99 Å². The Hall–Kier alpha value is -12.1. The van der Waals surface area contributed by atoms with E-state index in [1.807, 2.05) is 0 Å². The Morgan fingerprint density at radius 3 is 0.657 bits per heavy atom. The van der Waals surface area contributed by atoms with E-state index in [4.69, 9.17) is 118 Å². The van der Waals surface area contributed by atoms with Crippen LogP contribution in [-0.4, -0.2) is 330 Å². The third-order valence-corrected chi connectivity index (χ3v) is 17.7. The predicted octanol–water partition coefficient (Wildman–Crippen LogP) is 9.46. The molecule has 32 heteroatoms. The smallest absolute Gasteiger partial charge is 0.338 e. The van der Waals surface area contributed by atoms with Crippen LogP contribution in [0.1, 0.15) is 123 Å². The molecule has 7 aromatic carbocycles. The Bertz CT molecular complexity index is 5090. The molecule has 0 heterocycles. The maximum Gasteiger partial charge on any atom is 0.338 e. The highest BCUT2D eigenvalue weighted by atomic mass is 16.6. The van der Waals surface area contributed by atoms with Gasteiger partial charge in [0.25, 0.3) is 0 Å². The van der Waals surface area contributed by atoms with E-state index in [0.29, 0.717) is 157 Å². The molecule has 0 spiro atoms. The standard InChI is InChI=1S/C102H117NO31/c1-110-25-31-117-37-43-123-49-55-129-97(104)89-10-8-9-78(66-89)11-12-79-61-80(68-90(67-79)98(105)130-56-50-124-44-38-118-32-26-111-2)13-14-81-62-82(70-91(69-81)99(106)131-57-51-125-45-39-119-33-27-112-3)15-16-83-63-84(72-92(71-83)100(107)132-58-52-126-46-40-120-34-28-113-4)17-18-85-64-86(74-93(73-85)101(108)133-59-53-127-47-41-121-35-29-114-5)19-20-87-65-88(77-103-95-21-23-96(116-7)24-22-95)76-94(75-87)102(109)134-60-54-128-48-42-122-36-30-115-6/h8-10,21-24,61-77H,25-60H2,1-7H3. The zero-order chi connectivity index (χ0) is 95.3. The summed E-state index contributed by atoms with van der Waals surface area (Å²) in [7, 11) is 11.0. The lowest BCUT2D eigenvalue weighted by Gasteiger charge is -2.08. The van der Waals surface area contributed by atoms with Gasteiger partial charge in [0.1, 0.15) is 45.4 Å². The van der Waals surface area contributed by atoms with Crippen LogP contribution in [0.4, 0.5) is 5.69 Å². The van der Waals surface area contributed by atoms with Crippen molar-refractivity contribution in [3.63, 3.8) is 0 Å². The van der Waals surface area contributed by atoms with Gasteiger partial charge < -0.3 is 118 Å². The fourth-order valence-corrected chi connectivity index (χ4v) is 11.2. The third-order valence-electron chi connectivity index (χ3n) is 17.7. The topological polar surface area (TPSA) is 346 Å². The molecule has 0 N–H and O–H groups in total. The lowest BCUT2D eigenvalue weighted by atomic mass is 10.0. The normalized spacial score (nSPS) is 10.8. The minimum atomic E-state index is -0.749. The van der Waals surface area contributed by atoms with Crippen molar-refractivity contribution in [1.29, 1.82) is 0 Å². The maximum atomic E-state index is 14.2. The lowest BCUT2D eigenvalue weighted by molar-refractivity contribution is 0.00552. The Kier molecular flexibility index (Phi) is 56.0. The summed E-state index contributed by atoms with van der Waals surface area (Å²) < 4.78 is 136. The highest BCUT2D eigenvalue weighted by Crippen LogP contribution is 2.22. The minimum Gasteiger partial charge on any atom is -0.497 e. The van der Waals surface area contributed by atoms with E-state index < -0.39 is 35.8 Å². The van der Waals surface area contributed by atoms with Crippen LogP contribution in [0.15, 0.2) is 145 Å². The van der Waals surface area contributed by atoms with Gasteiger partial charge >= 0.3 is 35.8 Å². The lowest BCUT2D eigenvalue weighted by Crippen LogP contribution is -2.14. The van der Waals surface area contributed by atoms with E-state index in [9.17, 15) is 28.8 Å². The van der Waals surface area contributed by atoms with Gasteiger partial charge in [0, 0.05) is 105 Å². The zero-order valence-electron chi connectivity index (χ0n) is 76.9. The van der Waals surface area contributed by atoms with E-state index in [1.165, 1.54) is 42.5 Å². The predicted molar refractivity (Wildman–Crippen MR) is 492 cm³/mol. The molecule has 0 amide bonds. The third kappa shape index (κ3) is 47.0. The van der Waals surface area contributed by atoms with E-state index in [-0.39, 0.29) is 187 Å². The molecule has 0 radical (unpaired) electrons. The summed E-state index contributed by atoms with van der Waals surface area (Å²) in [6.45, 7) is 8.17. The summed E-state index contributed by atoms with van der Waals surface area (Å²) in [4.78, 5) is 88.1. The molecule has 0 bridgehead atoms. The first-order valence-electron chi connectivity index (χ1n) is 43.2.